The van der Waals surface area contributed by atoms with E-state index in [9.17, 15) is 4.79 Å². The number of allylic oxidation sites excluding steroid dienone is 1. The van der Waals surface area contributed by atoms with Crippen molar-refractivity contribution in [3.05, 3.63) is 99.8 Å². The van der Waals surface area contributed by atoms with Crippen LogP contribution in [0, 0.1) is 44.6 Å². The Balaban J connectivity index is 0.000000310. The number of aromatic nitrogens is 6. The van der Waals surface area contributed by atoms with Crippen molar-refractivity contribution >= 4 is 13.1 Å². The molecule has 3 aromatic heterocycles. The van der Waals surface area contributed by atoms with Gasteiger partial charge >= 0.3 is 28.6 Å². The molecule has 186 valence electrons. The molecule has 13 heteroatoms. The average molecular weight is 571 g/mol. The standard InChI is InChI=1S/C12H15O3.C9H9BN6.2CO.Mo/c1-8-6-9-4-3-5-15-11(9)7-10(8)12(13)14-2;1-4-11-14(7-1)10(15-8-2-5-12-15)16-9-3-6-13-16;2*1-2;/h3-6,8,10-11H,7H2,1-2H3;1-9H;;;/q;-1;;;/t8-,10+,11-;;;;/m0..../s1. The van der Waals surface area contributed by atoms with Gasteiger partial charge in [-0.25, -0.2) is 15.3 Å². The topological polar surface area (TPSA) is 129 Å². The van der Waals surface area contributed by atoms with Crippen LogP contribution in [-0.4, -0.2) is 55.4 Å². The number of nitrogens with zero attached hydrogens (tertiary/aromatic N) is 6. The summed E-state index contributed by atoms with van der Waals surface area (Å²) in [5, 5.41) is 12.7. The van der Waals surface area contributed by atoms with Gasteiger partial charge in [-0.15, -0.1) is 0 Å². The van der Waals surface area contributed by atoms with E-state index in [1.54, 1.807) is 39.0 Å². The second kappa shape index (κ2) is 16.7. The molecule has 1 saturated heterocycles. The van der Waals surface area contributed by atoms with E-state index in [1.165, 1.54) is 12.7 Å². The molecule has 4 heterocycles. The smallest absolute Gasteiger partial charge is 0.260 e. The Morgan fingerprint density at radius 3 is 1.94 bits per heavy atom. The fourth-order valence-corrected chi connectivity index (χ4v) is 3.77. The zero-order valence-electron chi connectivity index (χ0n) is 19.7. The number of hydrogen-bond acceptors (Lipinski definition) is 6. The van der Waals surface area contributed by atoms with E-state index in [-0.39, 0.29) is 52.1 Å². The van der Waals surface area contributed by atoms with Gasteiger partial charge in [0.15, 0.2) is 0 Å². The van der Waals surface area contributed by atoms with Crippen LogP contribution in [0.15, 0.2) is 67.0 Å². The first-order valence-electron chi connectivity index (χ1n) is 10.5. The fraction of sp³-hybridized carbons (Fsp3) is 0.261. The zero-order chi connectivity index (χ0) is 25.6. The quantitative estimate of drug-likeness (QED) is 0.204. The molecule has 0 N–H and O–H groups in total. The number of methoxy groups -OCH3 is 1. The number of rotatable bonds is 4. The van der Waals surface area contributed by atoms with Crippen molar-refractivity contribution in [2.75, 3.05) is 7.11 Å². The van der Waals surface area contributed by atoms with E-state index in [0.717, 1.165) is 0 Å². The molecule has 1 aliphatic carbocycles. The minimum absolute atomic E-state index is 0. The van der Waals surface area contributed by atoms with Crippen molar-refractivity contribution in [2.45, 2.75) is 19.4 Å². The third kappa shape index (κ3) is 8.03. The molecule has 11 nitrogen and oxygen atoms in total. The number of esters is 1. The van der Waals surface area contributed by atoms with Crippen molar-refractivity contribution < 1.29 is 44.6 Å². The molecule has 3 atom stereocenters. The van der Waals surface area contributed by atoms with Gasteiger partial charge in [-0.1, -0.05) is 13.0 Å². The molecule has 5 rings (SSSR count). The molecule has 0 saturated carbocycles. The predicted octanol–water partition coefficient (Wildman–Crippen LogP) is 1.84. The molecule has 0 aromatic carbocycles. The van der Waals surface area contributed by atoms with Crippen LogP contribution in [-0.2, 0) is 44.6 Å². The Hall–Kier alpha value is -2.97. The molecule has 36 heavy (non-hydrogen) atoms. The molecule has 1 fully saturated rings. The van der Waals surface area contributed by atoms with Crippen LogP contribution < -0.4 is 0 Å². The summed E-state index contributed by atoms with van der Waals surface area (Å²) in [7, 11) is 1.24. The molecular formula is C23H24BMoN6O5-. The van der Waals surface area contributed by atoms with Crippen molar-refractivity contribution in [2.24, 2.45) is 11.8 Å². The molecular weight excluding hydrogens is 547 g/mol. The van der Waals surface area contributed by atoms with Crippen LogP contribution in [0.2, 0.25) is 0 Å². The zero-order valence-corrected chi connectivity index (χ0v) is 21.7. The molecule has 0 unspecified atom stereocenters. The van der Waals surface area contributed by atoms with Gasteiger partial charge < -0.3 is 23.3 Å². The summed E-state index contributed by atoms with van der Waals surface area (Å²) in [6.07, 6.45) is 17.6. The summed E-state index contributed by atoms with van der Waals surface area (Å²) < 4.78 is 30.6. The molecule has 3 aromatic rings. The van der Waals surface area contributed by atoms with E-state index in [2.05, 4.69) is 34.7 Å². The summed E-state index contributed by atoms with van der Waals surface area (Å²) in [6.45, 7) is 12.7. The SMILES string of the molecule is COC(=O)[C@@H]1C[C@@H]2O[CH][CH][CH]C2=C[C@@H]1C.[C-]#[O+].[C-]#[O+].[Mo].c1cnn([B-](n2cccn2)n2cccn2)c1. The van der Waals surface area contributed by atoms with E-state index in [1.807, 2.05) is 56.6 Å². The number of carbonyl (C=O) groups excluding carboxylic acids is 1. The predicted molar refractivity (Wildman–Crippen MR) is 122 cm³/mol. The molecule has 1 aliphatic heterocycles. The number of ether oxygens (including phenoxy) is 2. The maximum atomic E-state index is 11.5. The van der Waals surface area contributed by atoms with Gasteiger partial charge in [0.2, 0.25) is 0 Å². The van der Waals surface area contributed by atoms with Gasteiger partial charge in [0.05, 0.1) is 25.7 Å². The number of hydrogen-bond donors (Lipinski definition) is 0. The van der Waals surface area contributed by atoms with Crippen LogP contribution >= 0.6 is 0 Å². The number of fused-ring (bicyclic) bond motifs is 1. The third-order valence-electron chi connectivity index (χ3n) is 5.33. The minimum Gasteiger partial charge on any atom is -0.425 e. The van der Waals surface area contributed by atoms with Crippen LogP contribution in [0.3, 0.4) is 0 Å². The largest absolute Gasteiger partial charge is 0.425 e. The van der Waals surface area contributed by atoms with E-state index >= 15 is 0 Å². The molecule has 2 aliphatic rings. The minimum atomic E-state index is -0.194. The third-order valence-corrected chi connectivity index (χ3v) is 5.33. The Kier molecular flexibility index (Phi) is 14.4. The van der Waals surface area contributed by atoms with Crippen molar-refractivity contribution in [3.63, 3.8) is 0 Å². The van der Waals surface area contributed by atoms with Gasteiger partial charge in [0.25, 0.3) is 7.12 Å². The number of carbonyl (C=O) groups is 1. The van der Waals surface area contributed by atoms with Gasteiger partial charge in [0.1, 0.15) is 0 Å². The van der Waals surface area contributed by atoms with Crippen LogP contribution in [0.5, 0.6) is 0 Å². The van der Waals surface area contributed by atoms with Crippen molar-refractivity contribution in [1.82, 2.24) is 29.1 Å². The van der Waals surface area contributed by atoms with Crippen molar-refractivity contribution in [3.8, 4) is 0 Å². The summed E-state index contributed by atoms with van der Waals surface area (Å²) in [5.74, 6) is -0.00495. The first kappa shape index (κ1) is 31.1. The normalized spacial score (nSPS) is 19.8. The summed E-state index contributed by atoms with van der Waals surface area (Å²) in [6, 6.07) is 5.62. The second-order valence-corrected chi connectivity index (χ2v) is 7.32. The van der Waals surface area contributed by atoms with Crippen LogP contribution in [0.4, 0.5) is 0 Å². The summed E-state index contributed by atoms with van der Waals surface area (Å²) >= 11 is 0. The Morgan fingerprint density at radius 1 is 1.03 bits per heavy atom. The molecule has 0 bridgehead atoms. The maximum absolute atomic E-state index is 11.5. The molecule has 4 radical (unpaired) electrons. The van der Waals surface area contributed by atoms with Gasteiger partial charge in [-0.3, -0.25) is 4.79 Å². The second-order valence-electron chi connectivity index (χ2n) is 7.32. The fourth-order valence-electron chi connectivity index (χ4n) is 3.77. The molecule has 0 spiro atoms. The van der Waals surface area contributed by atoms with Crippen molar-refractivity contribution in [1.29, 1.82) is 0 Å². The van der Waals surface area contributed by atoms with E-state index in [0.29, 0.717) is 6.42 Å². The van der Waals surface area contributed by atoms with Gasteiger partial charge in [0, 0.05) is 46.1 Å². The summed E-state index contributed by atoms with van der Waals surface area (Å²) in [5.41, 5.74) is 1.17. The first-order valence-corrected chi connectivity index (χ1v) is 10.5. The Bertz CT molecular complexity index is 982. The van der Waals surface area contributed by atoms with Crippen LogP contribution in [0.25, 0.3) is 0 Å². The van der Waals surface area contributed by atoms with Crippen LogP contribution in [0.1, 0.15) is 13.3 Å². The maximum Gasteiger partial charge on any atom is 0.260 e. The Labute approximate surface area is 224 Å². The monoisotopic (exact) mass is 573 g/mol. The van der Waals surface area contributed by atoms with E-state index in [4.69, 9.17) is 18.8 Å². The summed E-state index contributed by atoms with van der Waals surface area (Å²) in [4.78, 5) is 11.5. The van der Waals surface area contributed by atoms with Gasteiger partial charge in [-0.2, -0.15) is 0 Å². The average Bonchev–Trinajstić information content (AvgIpc) is 3.72. The first-order chi connectivity index (χ1) is 17.2. The molecule has 0 amide bonds. The van der Waals surface area contributed by atoms with E-state index < -0.39 is 0 Å². The van der Waals surface area contributed by atoms with Gasteiger partial charge in [-0.05, 0) is 61.1 Å². The Morgan fingerprint density at radius 2 is 1.53 bits per heavy atom.